The molecule has 0 spiro atoms. The summed E-state index contributed by atoms with van der Waals surface area (Å²) in [5.74, 6) is 6.48. The molecule has 0 aromatic rings. The Hall–Kier alpha value is -0.340. The zero-order chi connectivity index (χ0) is 9.14. The van der Waals surface area contributed by atoms with Crippen molar-refractivity contribution < 1.29 is 4.84 Å². The lowest BCUT2D eigenvalue weighted by atomic mass is 9.78. The summed E-state index contributed by atoms with van der Waals surface area (Å²) in [6.07, 6.45) is 3.73. The van der Waals surface area contributed by atoms with Crippen LogP contribution in [0.15, 0.2) is 12.2 Å². The van der Waals surface area contributed by atoms with Crippen molar-refractivity contribution in [1.82, 2.24) is 0 Å². The second-order valence-corrected chi connectivity index (χ2v) is 4.05. The Balaban J connectivity index is 2.56. The van der Waals surface area contributed by atoms with Crippen molar-refractivity contribution in [2.75, 3.05) is 0 Å². The predicted molar refractivity (Wildman–Crippen MR) is 50.4 cm³/mol. The molecule has 0 radical (unpaired) electrons. The summed E-state index contributed by atoms with van der Waals surface area (Å²) < 4.78 is 0. The van der Waals surface area contributed by atoms with Crippen molar-refractivity contribution in [2.45, 2.75) is 39.2 Å². The molecule has 1 aliphatic rings. The van der Waals surface area contributed by atoms with E-state index in [4.69, 9.17) is 10.7 Å². The zero-order valence-corrected chi connectivity index (χ0v) is 8.05. The van der Waals surface area contributed by atoms with Crippen LogP contribution in [0.2, 0.25) is 0 Å². The van der Waals surface area contributed by atoms with Gasteiger partial charge in [0.05, 0.1) is 6.10 Å². The molecule has 1 saturated carbocycles. The highest BCUT2D eigenvalue weighted by Gasteiger charge is 2.29. The van der Waals surface area contributed by atoms with Gasteiger partial charge in [-0.1, -0.05) is 19.1 Å². The van der Waals surface area contributed by atoms with E-state index in [-0.39, 0.29) is 6.10 Å². The molecule has 2 N–H and O–H groups in total. The van der Waals surface area contributed by atoms with Gasteiger partial charge < -0.3 is 4.84 Å². The molecule has 0 aliphatic heterocycles. The first-order valence-corrected chi connectivity index (χ1v) is 4.66. The van der Waals surface area contributed by atoms with E-state index in [1.807, 2.05) is 0 Å². The molecule has 12 heavy (non-hydrogen) atoms. The van der Waals surface area contributed by atoms with Crippen molar-refractivity contribution in [1.29, 1.82) is 0 Å². The van der Waals surface area contributed by atoms with E-state index in [2.05, 4.69) is 20.4 Å². The minimum atomic E-state index is 0.200. The quantitative estimate of drug-likeness (QED) is 0.508. The first-order chi connectivity index (χ1) is 5.65. The number of hydrogen-bond donors (Lipinski definition) is 1. The lowest BCUT2D eigenvalue weighted by Crippen LogP contribution is -2.33. The normalized spacial score (nSPS) is 36.4. The Morgan fingerprint density at radius 1 is 1.50 bits per heavy atom. The lowest BCUT2D eigenvalue weighted by molar-refractivity contribution is -0.0137. The van der Waals surface area contributed by atoms with E-state index >= 15 is 0 Å². The Kier molecular flexibility index (Phi) is 3.29. The molecule has 0 bridgehead atoms. The lowest BCUT2D eigenvalue weighted by Gasteiger charge is -2.33. The van der Waals surface area contributed by atoms with Crippen molar-refractivity contribution in [2.24, 2.45) is 17.7 Å². The van der Waals surface area contributed by atoms with Gasteiger partial charge in [-0.15, -0.1) is 0 Å². The summed E-state index contributed by atoms with van der Waals surface area (Å²) in [7, 11) is 0. The number of nitrogens with two attached hydrogens (primary N) is 1. The van der Waals surface area contributed by atoms with Crippen LogP contribution in [0.3, 0.4) is 0 Å². The highest BCUT2D eigenvalue weighted by molar-refractivity contribution is 5.01. The SMILES string of the molecule is C=C(C)[C@@H]1CC[C@@H](C)C[C@H]1ON. The predicted octanol–water partition coefficient (Wildman–Crippen LogP) is 2.26. The van der Waals surface area contributed by atoms with Crippen LogP contribution in [0, 0.1) is 11.8 Å². The molecular formula is C10H19NO. The summed E-state index contributed by atoms with van der Waals surface area (Å²) in [5, 5.41) is 0. The molecule has 1 rings (SSSR count). The summed E-state index contributed by atoms with van der Waals surface area (Å²) in [6, 6.07) is 0. The van der Waals surface area contributed by atoms with Gasteiger partial charge in [0, 0.05) is 5.92 Å². The van der Waals surface area contributed by atoms with Gasteiger partial charge in [0.1, 0.15) is 0 Å². The van der Waals surface area contributed by atoms with E-state index in [1.165, 1.54) is 18.4 Å². The van der Waals surface area contributed by atoms with Gasteiger partial charge in [-0.3, -0.25) is 0 Å². The van der Waals surface area contributed by atoms with Crippen LogP contribution < -0.4 is 5.90 Å². The van der Waals surface area contributed by atoms with E-state index in [0.29, 0.717) is 5.92 Å². The molecule has 0 unspecified atom stereocenters. The van der Waals surface area contributed by atoms with E-state index in [0.717, 1.165) is 12.3 Å². The third-order valence-corrected chi connectivity index (χ3v) is 2.86. The van der Waals surface area contributed by atoms with Crippen LogP contribution in [0.25, 0.3) is 0 Å². The fraction of sp³-hybridized carbons (Fsp3) is 0.800. The Morgan fingerprint density at radius 2 is 2.17 bits per heavy atom. The van der Waals surface area contributed by atoms with E-state index < -0.39 is 0 Å². The molecule has 1 fully saturated rings. The van der Waals surface area contributed by atoms with Crippen molar-refractivity contribution >= 4 is 0 Å². The van der Waals surface area contributed by atoms with Crippen LogP contribution in [0.1, 0.15) is 33.1 Å². The second kappa shape index (κ2) is 4.06. The van der Waals surface area contributed by atoms with Gasteiger partial charge in [-0.2, -0.15) is 0 Å². The molecule has 0 aromatic heterocycles. The third-order valence-electron chi connectivity index (χ3n) is 2.86. The molecule has 0 saturated heterocycles. The van der Waals surface area contributed by atoms with Crippen LogP contribution >= 0.6 is 0 Å². The standard InChI is InChI=1S/C10H19NO/c1-7(2)9-5-4-8(3)6-10(9)12-11/h8-10H,1,4-6,11H2,2-3H3/t8-,9+,10-/m1/s1. The maximum absolute atomic E-state index is 5.25. The Bertz CT molecular complexity index is 167. The molecule has 3 atom stereocenters. The van der Waals surface area contributed by atoms with Crippen LogP contribution in [-0.2, 0) is 4.84 Å². The maximum Gasteiger partial charge on any atom is 0.0854 e. The molecule has 2 nitrogen and oxygen atoms in total. The van der Waals surface area contributed by atoms with Gasteiger partial charge in [-0.25, -0.2) is 5.90 Å². The van der Waals surface area contributed by atoms with Crippen LogP contribution in [-0.4, -0.2) is 6.10 Å². The summed E-state index contributed by atoms with van der Waals surface area (Å²) in [5.41, 5.74) is 1.21. The van der Waals surface area contributed by atoms with Crippen molar-refractivity contribution in [3.8, 4) is 0 Å². The first kappa shape index (κ1) is 9.75. The Morgan fingerprint density at radius 3 is 2.67 bits per heavy atom. The molecule has 2 heteroatoms. The summed E-state index contributed by atoms with van der Waals surface area (Å²) in [6.45, 7) is 8.28. The smallest absolute Gasteiger partial charge is 0.0854 e. The average molecular weight is 169 g/mol. The minimum Gasteiger partial charge on any atom is -0.301 e. The molecule has 0 amide bonds. The first-order valence-electron chi connectivity index (χ1n) is 4.66. The zero-order valence-electron chi connectivity index (χ0n) is 8.05. The second-order valence-electron chi connectivity index (χ2n) is 4.05. The van der Waals surface area contributed by atoms with Gasteiger partial charge in [0.2, 0.25) is 0 Å². The fourth-order valence-corrected chi connectivity index (χ4v) is 2.04. The van der Waals surface area contributed by atoms with Crippen LogP contribution in [0.4, 0.5) is 0 Å². The largest absolute Gasteiger partial charge is 0.301 e. The summed E-state index contributed by atoms with van der Waals surface area (Å²) >= 11 is 0. The van der Waals surface area contributed by atoms with Gasteiger partial charge in [0.25, 0.3) is 0 Å². The van der Waals surface area contributed by atoms with Crippen LogP contribution in [0.5, 0.6) is 0 Å². The topological polar surface area (TPSA) is 35.2 Å². The van der Waals surface area contributed by atoms with Gasteiger partial charge >= 0.3 is 0 Å². The minimum absolute atomic E-state index is 0.200. The molecule has 1 aliphatic carbocycles. The number of rotatable bonds is 2. The number of hydrogen-bond acceptors (Lipinski definition) is 2. The average Bonchev–Trinajstić information content (AvgIpc) is 2.03. The van der Waals surface area contributed by atoms with Crippen molar-refractivity contribution in [3.63, 3.8) is 0 Å². The summed E-state index contributed by atoms with van der Waals surface area (Å²) in [4.78, 5) is 4.97. The highest BCUT2D eigenvalue weighted by atomic mass is 16.6. The van der Waals surface area contributed by atoms with Crippen molar-refractivity contribution in [3.05, 3.63) is 12.2 Å². The fourth-order valence-electron chi connectivity index (χ4n) is 2.04. The molecule has 0 aromatic carbocycles. The van der Waals surface area contributed by atoms with Gasteiger partial charge in [-0.05, 0) is 32.1 Å². The maximum atomic E-state index is 5.25. The van der Waals surface area contributed by atoms with E-state index in [9.17, 15) is 0 Å². The van der Waals surface area contributed by atoms with Gasteiger partial charge in [0.15, 0.2) is 0 Å². The molecule has 0 heterocycles. The van der Waals surface area contributed by atoms with E-state index in [1.54, 1.807) is 0 Å². The highest BCUT2D eigenvalue weighted by Crippen LogP contribution is 2.33. The third kappa shape index (κ3) is 2.08. The monoisotopic (exact) mass is 169 g/mol. The Labute approximate surface area is 74.7 Å². The molecular weight excluding hydrogens is 150 g/mol. The molecule has 70 valence electrons.